The van der Waals surface area contributed by atoms with Gasteiger partial charge in [0.05, 0.1) is 0 Å². The predicted octanol–water partition coefficient (Wildman–Crippen LogP) is 4.19. The van der Waals surface area contributed by atoms with Crippen molar-refractivity contribution in [2.45, 2.75) is 46.3 Å². The zero-order chi connectivity index (χ0) is 22.2. The van der Waals surface area contributed by atoms with Crippen LogP contribution in [-0.2, 0) is 14.1 Å². The Morgan fingerprint density at radius 1 is 1.31 bits per heavy atom. The summed E-state index contributed by atoms with van der Waals surface area (Å²) in [5.41, 5.74) is 0.285. The van der Waals surface area contributed by atoms with E-state index in [1.165, 1.54) is 11.8 Å². The average Bonchev–Trinajstić information content (AvgIpc) is 2.59. The van der Waals surface area contributed by atoms with Crippen LogP contribution in [0, 0.1) is 6.92 Å². The first-order chi connectivity index (χ1) is 13.3. The molecule has 1 aromatic rings. The molecule has 2 unspecified atom stereocenters. The Morgan fingerprint density at radius 2 is 1.93 bits per heavy atom. The molecule has 0 heterocycles. The van der Waals surface area contributed by atoms with Crippen LogP contribution in [0.3, 0.4) is 0 Å². The third kappa shape index (κ3) is 9.56. The van der Waals surface area contributed by atoms with Crippen LogP contribution < -0.4 is 9.82 Å². The number of carboxylic acid groups (broad SMARTS) is 1. The quantitative estimate of drug-likeness (QED) is 0.516. The van der Waals surface area contributed by atoms with Crippen LogP contribution in [0.15, 0.2) is 24.3 Å². The van der Waals surface area contributed by atoms with Crippen molar-refractivity contribution in [1.82, 2.24) is 9.99 Å². The summed E-state index contributed by atoms with van der Waals surface area (Å²) in [5, 5.41) is 11.8. The molecule has 0 bridgehead atoms. The van der Waals surface area contributed by atoms with E-state index in [1.54, 1.807) is 33.9 Å². The van der Waals surface area contributed by atoms with Crippen molar-refractivity contribution < 1.29 is 28.7 Å². The Bertz CT molecular complexity index is 752. The number of nitrogens with one attached hydrogen (secondary N) is 1. The summed E-state index contributed by atoms with van der Waals surface area (Å²) in [6.45, 7) is 5.67. The molecule has 29 heavy (non-hydrogen) atoms. The van der Waals surface area contributed by atoms with Gasteiger partial charge in [-0.05, 0) is 46.2 Å². The SMILES string of the molecule is Cc1ccccc1OCP(=O)(NC(C)C(=O)O)SCCN(C)C(=O)OC(C)(C)C. The highest BCUT2D eigenvalue weighted by Gasteiger charge is 2.29. The fraction of sp³-hybridized carbons (Fsp3) is 0.579. The van der Waals surface area contributed by atoms with E-state index in [-0.39, 0.29) is 12.9 Å². The highest BCUT2D eigenvalue weighted by Crippen LogP contribution is 2.55. The van der Waals surface area contributed by atoms with Gasteiger partial charge < -0.3 is 19.5 Å². The van der Waals surface area contributed by atoms with Crippen LogP contribution in [0.1, 0.15) is 33.3 Å². The predicted molar refractivity (Wildman–Crippen MR) is 116 cm³/mol. The van der Waals surface area contributed by atoms with Gasteiger partial charge >= 0.3 is 12.1 Å². The van der Waals surface area contributed by atoms with Gasteiger partial charge in [-0.1, -0.05) is 29.6 Å². The number of carboxylic acids is 1. The molecular weight excluding hydrogens is 415 g/mol. The third-order valence-corrected chi connectivity index (χ3v) is 8.14. The van der Waals surface area contributed by atoms with E-state index in [2.05, 4.69) is 5.09 Å². The zero-order valence-corrected chi connectivity index (χ0v) is 19.5. The molecule has 8 nitrogen and oxygen atoms in total. The minimum atomic E-state index is -3.26. The maximum absolute atomic E-state index is 13.3. The summed E-state index contributed by atoms with van der Waals surface area (Å²) >= 11 is 1.07. The lowest BCUT2D eigenvalue weighted by molar-refractivity contribution is -0.138. The first kappa shape index (κ1) is 25.3. The van der Waals surface area contributed by atoms with E-state index in [0.29, 0.717) is 11.5 Å². The second-order valence-corrected chi connectivity index (χ2v) is 12.7. The summed E-state index contributed by atoms with van der Waals surface area (Å²) in [6.07, 6.45) is -0.646. The van der Waals surface area contributed by atoms with E-state index in [9.17, 15) is 14.2 Å². The smallest absolute Gasteiger partial charge is 0.410 e. The standard InChI is InChI=1S/C19H31N2O6PS/c1-14-9-7-8-10-16(14)26-13-28(25,20-15(2)17(22)23)29-12-11-21(6)18(24)27-19(3,4)5/h7-10,15H,11-13H2,1-6H3,(H,20,25)(H,22,23). The Kier molecular flexibility index (Phi) is 9.52. The molecule has 0 saturated heterocycles. The van der Waals surface area contributed by atoms with Crippen molar-refractivity contribution in [2.24, 2.45) is 0 Å². The number of carbonyl (C=O) groups is 2. The number of aryl methyl sites for hydroxylation is 1. The van der Waals surface area contributed by atoms with Gasteiger partial charge in [0.15, 0.2) is 6.35 Å². The van der Waals surface area contributed by atoms with Gasteiger partial charge in [0, 0.05) is 19.3 Å². The molecule has 0 aliphatic heterocycles. The number of amides is 1. The molecule has 1 aromatic carbocycles. The number of para-hydroxylation sites is 1. The Balaban J connectivity index is 2.74. The number of carbonyl (C=O) groups excluding carboxylic acids is 1. The molecule has 0 saturated carbocycles. The number of benzene rings is 1. The van der Waals surface area contributed by atoms with Crippen LogP contribution in [0.2, 0.25) is 0 Å². The highest BCUT2D eigenvalue weighted by atomic mass is 32.7. The van der Waals surface area contributed by atoms with Crippen molar-refractivity contribution in [2.75, 3.05) is 25.7 Å². The highest BCUT2D eigenvalue weighted by molar-refractivity contribution is 8.57. The van der Waals surface area contributed by atoms with Crippen molar-refractivity contribution in [3.05, 3.63) is 29.8 Å². The summed E-state index contributed by atoms with van der Waals surface area (Å²) in [7, 11) is 1.59. The molecule has 0 radical (unpaired) electrons. The lowest BCUT2D eigenvalue weighted by Crippen LogP contribution is -2.35. The molecule has 0 fully saturated rings. The maximum Gasteiger partial charge on any atom is 0.410 e. The molecule has 2 N–H and O–H groups in total. The maximum atomic E-state index is 13.3. The van der Waals surface area contributed by atoms with Gasteiger partial charge in [-0.15, -0.1) is 0 Å². The van der Waals surface area contributed by atoms with E-state index >= 15 is 0 Å². The molecule has 0 aromatic heterocycles. The topological polar surface area (TPSA) is 105 Å². The molecule has 2 atom stereocenters. The van der Waals surface area contributed by atoms with Crippen molar-refractivity contribution in [3.8, 4) is 5.75 Å². The Morgan fingerprint density at radius 3 is 2.48 bits per heavy atom. The summed E-state index contributed by atoms with van der Waals surface area (Å²) in [6, 6.07) is 6.31. The fourth-order valence-corrected chi connectivity index (χ4v) is 6.18. The van der Waals surface area contributed by atoms with Gasteiger partial charge in [-0.25, -0.2) is 9.88 Å². The van der Waals surface area contributed by atoms with Gasteiger partial charge in [0.1, 0.15) is 17.4 Å². The molecule has 0 aliphatic carbocycles. The van der Waals surface area contributed by atoms with Gasteiger partial charge in [0.2, 0.25) is 6.49 Å². The van der Waals surface area contributed by atoms with Crippen LogP contribution in [-0.4, -0.2) is 59.4 Å². The third-order valence-electron chi connectivity index (χ3n) is 3.68. The Hall–Kier alpha value is -1.70. The zero-order valence-electron chi connectivity index (χ0n) is 17.8. The minimum absolute atomic E-state index is 0.170. The Labute approximate surface area is 176 Å². The number of hydrogen-bond donors (Lipinski definition) is 2. The number of rotatable bonds is 10. The molecule has 1 amide bonds. The summed E-state index contributed by atoms with van der Waals surface area (Å²) in [5.74, 6) is -0.194. The van der Waals surface area contributed by atoms with Crippen molar-refractivity contribution >= 4 is 29.9 Å². The monoisotopic (exact) mass is 446 g/mol. The van der Waals surface area contributed by atoms with E-state index < -0.39 is 30.2 Å². The normalized spacial score (nSPS) is 14.6. The average molecular weight is 447 g/mol. The number of nitrogens with zero attached hydrogens (tertiary/aromatic N) is 1. The molecule has 164 valence electrons. The van der Waals surface area contributed by atoms with Crippen LogP contribution in [0.4, 0.5) is 4.79 Å². The molecule has 0 spiro atoms. The van der Waals surface area contributed by atoms with Crippen LogP contribution in [0.5, 0.6) is 5.75 Å². The molecular formula is C19H31N2O6PS. The second-order valence-electron chi connectivity index (χ2n) is 7.64. The van der Waals surface area contributed by atoms with E-state index in [1.807, 2.05) is 25.1 Å². The van der Waals surface area contributed by atoms with Gasteiger partial charge in [-0.3, -0.25) is 9.36 Å². The van der Waals surface area contributed by atoms with Crippen LogP contribution >= 0.6 is 17.9 Å². The number of ether oxygens (including phenoxy) is 2. The van der Waals surface area contributed by atoms with Gasteiger partial charge in [-0.2, -0.15) is 0 Å². The molecule has 0 aliphatic rings. The second kappa shape index (κ2) is 10.9. The minimum Gasteiger partial charge on any atom is -0.483 e. The first-order valence-electron chi connectivity index (χ1n) is 9.20. The number of aliphatic carboxylic acids is 1. The summed E-state index contributed by atoms with van der Waals surface area (Å²) in [4.78, 5) is 24.6. The largest absolute Gasteiger partial charge is 0.483 e. The van der Waals surface area contributed by atoms with Crippen molar-refractivity contribution in [1.29, 1.82) is 0 Å². The van der Waals surface area contributed by atoms with Gasteiger partial charge in [0.25, 0.3) is 0 Å². The van der Waals surface area contributed by atoms with E-state index in [0.717, 1.165) is 16.9 Å². The van der Waals surface area contributed by atoms with Crippen molar-refractivity contribution in [3.63, 3.8) is 0 Å². The fourth-order valence-electron chi connectivity index (χ4n) is 2.09. The molecule has 10 heteroatoms. The lowest BCUT2D eigenvalue weighted by atomic mass is 10.2. The molecule has 1 rings (SSSR count). The van der Waals surface area contributed by atoms with Crippen LogP contribution in [0.25, 0.3) is 0 Å². The first-order valence-corrected chi connectivity index (χ1v) is 12.7. The number of hydrogen-bond acceptors (Lipinski definition) is 6. The summed E-state index contributed by atoms with van der Waals surface area (Å²) < 4.78 is 24.3. The lowest BCUT2D eigenvalue weighted by Gasteiger charge is -2.26. The van der Waals surface area contributed by atoms with E-state index in [4.69, 9.17) is 14.6 Å².